The molecule has 8 nitrogen and oxygen atoms in total. The van der Waals surface area contributed by atoms with E-state index in [9.17, 15) is 9.59 Å². The Balaban J connectivity index is 1.32. The Kier molecular flexibility index (Phi) is 7.55. The third kappa shape index (κ3) is 5.87. The second-order valence-corrected chi connectivity index (χ2v) is 12.5. The fourth-order valence-corrected chi connectivity index (χ4v) is 5.47. The molecular formula is C34H37N5O3. The summed E-state index contributed by atoms with van der Waals surface area (Å²) >= 11 is 0. The molecule has 1 aliphatic rings. The number of imidazole rings is 1. The molecule has 0 spiro atoms. The van der Waals surface area contributed by atoms with Gasteiger partial charge in [0, 0.05) is 41.5 Å². The summed E-state index contributed by atoms with van der Waals surface area (Å²) in [6.07, 6.45) is 4.13. The number of carbonyl (C=O) groups excluding carboxylic acids is 2. The number of fused-ring (bicyclic) bond motifs is 1. The summed E-state index contributed by atoms with van der Waals surface area (Å²) < 4.78 is 7.52. The highest BCUT2D eigenvalue weighted by Gasteiger charge is 2.40. The first-order valence-corrected chi connectivity index (χ1v) is 14.3. The summed E-state index contributed by atoms with van der Waals surface area (Å²) in [5.41, 5.74) is 6.12. The molecule has 1 saturated heterocycles. The quantitative estimate of drug-likeness (QED) is 0.301. The van der Waals surface area contributed by atoms with Gasteiger partial charge in [-0.1, -0.05) is 31.2 Å². The maximum Gasteiger partial charge on any atom is 0.408 e. The van der Waals surface area contributed by atoms with Crippen molar-refractivity contribution in [2.75, 3.05) is 13.1 Å². The molecule has 2 aromatic carbocycles. The van der Waals surface area contributed by atoms with Crippen LogP contribution in [0.2, 0.25) is 0 Å². The summed E-state index contributed by atoms with van der Waals surface area (Å²) in [5, 5.41) is 12.2. The lowest BCUT2D eigenvalue weighted by molar-refractivity contribution is 0.0297. The van der Waals surface area contributed by atoms with E-state index in [4.69, 9.17) is 10.00 Å². The Bertz CT molecular complexity index is 1680. The van der Waals surface area contributed by atoms with Crippen LogP contribution in [-0.4, -0.2) is 50.5 Å². The van der Waals surface area contributed by atoms with Crippen LogP contribution in [0.1, 0.15) is 62.5 Å². The highest BCUT2D eigenvalue weighted by Crippen LogP contribution is 2.31. The average molecular weight is 564 g/mol. The minimum atomic E-state index is -0.567. The van der Waals surface area contributed by atoms with Gasteiger partial charge < -0.3 is 15.0 Å². The number of piperidine rings is 1. The average Bonchev–Trinajstić information content (AvgIpc) is 3.35. The molecule has 4 aromatic rings. The number of carbonyl (C=O) groups is 2. The van der Waals surface area contributed by atoms with Gasteiger partial charge in [-0.05, 0) is 88.4 Å². The number of benzene rings is 2. The van der Waals surface area contributed by atoms with E-state index in [1.165, 1.54) is 0 Å². The molecule has 5 rings (SSSR count). The normalized spacial score (nSPS) is 18.9. The number of hydrogen-bond donors (Lipinski definition) is 1. The predicted octanol–water partition coefficient (Wildman–Crippen LogP) is 6.61. The summed E-state index contributed by atoms with van der Waals surface area (Å²) in [6, 6.07) is 19.4. The molecule has 1 aliphatic heterocycles. The predicted molar refractivity (Wildman–Crippen MR) is 163 cm³/mol. The smallest absolute Gasteiger partial charge is 0.408 e. The van der Waals surface area contributed by atoms with Crippen molar-refractivity contribution in [2.45, 2.75) is 59.1 Å². The third-order valence-electron chi connectivity index (χ3n) is 8.16. The molecule has 1 N–H and O–H groups in total. The van der Waals surface area contributed by atoms with E-state index in [-0.39, 0.29) is 11.8 Å². The van der Waals surface area contributed by atoms with E-state index in [1.807, 2.05) is 75.2 Å². The zero-order valence-electron chi connectivity index (χ0n) is 25.1. The topological polar surface area (TPSA) is 99.7 Å². The fraction of sp³-hybridized carbons (Fsp3) is 0.353. The SMILES string of the molecule is Cc1cc2ncc(-c3ccc(C#N)cc3)n2cc1-c1ccc(C(=O)N2CCC(C)(NC(=O)OC(C)(C)C)[C@H](C)C2)cc1. The van der Waals surface area contributed by atoms with Crippen LogP contribution in [0.3, 0.4) is 0 Å². The molecule has 3 heterocycles. The van der Waals surface area contributed by atoms with Crippen LogP contribution >= 0.6 is 0 Å². The van der Waals surface area contributed by atoms with Gasteiger partial charge >= 0.3 is 6.09 Å². The third-order valence-corrected chi connectivity index (χ3v) is 8.16. The number of nitrogens with zero attached hydrogens (tertiary/aromatic N) is 4. The summed E-state index contributed by atoms with van der Waals surface area (Å²) in [6.45, 7) is 12.8. The summed E-state index contributed by atoms with van der Waals surface area (Å²) in [4.78, 5) is 32.3. The van der Waals surface area contributed by atoms with Gasteiger partial charge in [-0.15, -0.1) is 0 Å². The lowest BCUT2D eigenvalue weighted by atomic mass is 9.80. The number of aromatic nitrogens is 2. The van der Waals surface area contributed by atoms with Crippen LogP contribution in [-0.2, 0) is 4.74 Å². The molecule has 0 saturated carbocycles. The molecule has 0 bridgehead atoms. The molecule has 2 amide bonds. The number of ether oxygens (including phenoxy) is 1. The lowest BCUT2D eigenvalue weighted by Crippen LogP contribution is -2.60. The number of alkyl carbamates (subject to hydrolysis) is 1. The first-order valence-electron chi connectivity index (χ1n) is 14.3. The van der Waals surface area contributed by atoms with E-state index in [2.05, 4.69) is 46.9 Å². The number of nitrogens with one attached hydrogen (secondary N) is 1. The molecule has 0 radical (unpaired) electrons. The van der Waals surface area contributed by atoms with Crippen LogP contribution in [0.25, 0.3) is 28.0 Å². The number of nitriles is 1. The van der Waals surface area contributed by atoms with Gasteiger partial charge in [0.1, 0.15) is 11.2 Å². The summed E-state index contributed by atoms with van der Waals surface area (Å²) in [5.74, 6) is 0.0365. The molecule has 8 heteroatoms. The minimum absolute atomic E-state index is 0.0161. The van der Waals surface area contributed by atoms with Gasteiger partial charge in [0.05, 0.1) is 23.5 Å². The van der Waals surface area contributed by atoms with Crippen molar-refractivity contribution < 1.29 is 14.3 Å². The number of pyridine rings is 1. The van der Waals surface area contributed by atoms with Gasteiger partial charge in [-0.2, -0.15) is 5.26 Å². The molecule has 1 fully saturated rings. The van der Waals surface area contributed by atoms with Crippen molar-refractivity contribution in [3.8, 4) is 28.5 Å². The Labute approximate surface area is 246 Å². The number of likely N-dealkylation sites (tertiary alicyclic amines) is 1. The van der Waals surface area contributed by atoms with Gasteiger partial charge in [0.15, 0.2) is 0 Å². The van der Waals surface area contributed by atoms with Crippen LogP contribution < -0.4 is 5.32 Å². The van der Waals surface area contributed by atoms with Gasteiger partial charge in [0.25, 0.3) is 5.91 Å². The van der Waals surface area contributed by atoms with Crippen LogP contribution in [0.4, 0.5) is 4.79 Å². The fourth-order valence-electron chi connectivity index (χ4n) is 5.47. The van der Waals surface area contributed by atoms with Crippen molar-refractivity contribution in [3.63, 3.8) is 0 Å². The van der Waals surface area contributed by atoms with Gasteiger partial charge in [0.2, 0.25) is 0 Å². The lowest BCUT2D eigenvalue weighted by Gasteiger charge is -2.45. The molecule has 2 aromatic heterocycles. The van der Waals surface area contributed by atoms with E-state index >= 15 is 0 Å². The van der Waals surface area contributed by atoms with E-state index in [0.29, 0.717) is 30.6 Å². The first kappa shape index (κ1) is 28.9. The van der Waals surface area contributed by atoms with Gasteiger partial charge in [-0.25, -0.2) is 9.78 Å². The minimum Gasteiger partial charge on any atom is -0.444 e. The molecule has 2 atom stereocenters. The highest BCUT2D eigenvalue weighted by atomic mass is 16.6. The zero-order chi connectivity index (χ0) is 30.2. The largest absolute Gasteiger partial charge is 0.444 e. The van der Waals surface area contributed by atoms with E-state index < -0.39 is 17.2 Å². The second-order valence-electron chi connectivity index (χ2n) is 12.5. The Morgan fingerprint density at radius 3 is 2.38 bits per heavy atom. The number of hydrogen-bond acceptors (Lipinski definition) is 5. The Hall–Kier alpha value is -4.64. The Morgan fingerprint density at radius 2 is 1.76 bits per heavy atom. The maximum atomic E-state index is 13.4. The van der Waals surface area contributed by atoms with Crippen LogP contribution in [0.15, 0.2) is 67.0 Å². The van der Waals surface area contributed by atoms with Crippen molar-refractivity contribution in [3.05, 3.63) is 83.7 Å². The van der Waals surface area contributed by atoms with Crippen molar-refractivity contribution in [2.24, 2.45) is 5.92 Å². The van der Waals surface area contributed by atoms with Crippen LogP contribution in [0.5, 0.6) is 0 Å². The maximum absolute atomic E-state index is 13.4. The van der Waals surface area contributed by atoms with Crippen LogP contribution in [0, 0.1) is 24.2 Å². The molecule has 42 heavy (non-hydrogen) atoms. The number of amides is 2. The van der Waals surface area contributed by atoms with E-state index in [1.54, 1.807) is 12.1 Å². The van der Waals surface area contributed by atoms with E-state index in [0.717, 1.165) is 33.6 Å². The highest BCUT2D eigenvalue weighted by molar-refractivity contribution is 5.95. The van der Waals surface area contributed by atoms with Crippen molar-refractivity contribution in [1.29, 1.82) is 5.26 Å². The first-order chi connectivity index (χ1) is 19.9. The monoisotopic (exact) mass is 563 g/mol. The molecular weight excluding hydrogens is 526 g/mol. The second kappa shape index (κ2) is 11.0. The number of rotatable bonds is 4. The summed E-state index contributed by atoms with van der Waals surface area (Å²) in [7, 11) is 0. The van der Waals surface area contributed by atoms with Crippen molar-refractivity contribution in [1.82, 2.24) is 19.6 Å². The Morgan fingerprint density at radius 1 is 1.10 bits per heavy atom. The molecule has 1 unspecified atom stereocenters. The standard InChI is InChI=1S/C34H37N5O3/c1-22-17-30-36-19-29(26-9-7-24(18-35)8-10-26)39(30)21-28(22)25-11-13-27(14-12-25)31(40)38-16-15-34(6,23(2)20-38)37-32(41)42-33(3,4)5/h7-14,17,19,21,23H,15-16,20H2,1-6H3,(H,37,41)/t23-,34?/m1/s1. The van der Waals surface area contributed by atoms with Crippen molar-refractivity contribution >= 4 is 17.6 Å². The number of aryl methyl sites for hydroxylation is 1. The molecule has 0 aliphatic carbocycles. The molecule has 216 valence electrons. The van der Waals surface area contributed by atoms with Gasteiger partial charge in [-0.3, -0.25) is 9.20 Å². The zero-order valence-corrected chi connectivity index (χ0v) is 25.1.